The number of nitrogens with two attached hydrogens (primary N) is 1. The van der Waals surface area contributed by atoms with E-state index in [4.69, 9.17) is 10.5 Å². The maximum absolute atomic E-state index is 11.8. The molecule has 0 bridgehead atoms. The molecule has 1 saturated carbocycles. The molecule has 94 valence electrons. The number of nitrogen functional groups attached to an aromatic ring is 1. The molecule has 1 aromatic rings. The first kappa shape index (κ1) is 12.0. The van der Waals surface area contributed by atoms with Crippen LogP contribution in [-0.2, 0) is 4.74 Å². The molecule has 0 spiro atoms. The summed E-state index contributed by atoms with van der Waals surface area (Å²) in [6, 6.07) is 0. The van der Waals surface area contributed by atoms with Crippen molar-refractivity contribution in [3.8, 4) is 0 Å². The number of rotatable bonds is 2. The number of hydrogen-bond donors (Lipinski definition) is 2. The predicted molar refractivity (Wildman–Crippen MR) is 64.4 cm³/mol. The Morgan fingerprint density at radius 2 is 2.24 bits per heavy atom. The summed E-state index contributed by atoms with van der Waals surface area (Å²) in [5, 5.41) is 6.28. The summed E-state index contributed by atoms with van der Waals surface area (Å²) in [5.41, 5.74) is 6.20. The van der Waals surface area contributed by atoms with Crippen LogP contribution in [0.1, 0.15) is 43.6 Å². The van der Waals surface area contributed by atoms with Crippen molar-refractivity contribution < 1.29 is 9.53 Å². The first-order chi connectivity index (χ1) is 8.08. The number of aromatic amines is 1. The summed E-state index contributed by atoms with van der Waals surface area (Å²) >= 11 is 0. The second-order valence-corrected chi connectivity index (χ2v) is 5.00. The lowest BCUT2D eigenvalue weighted by Gasteiger charge is -2.31. The molecule has 0 radical (unpaired) electrons. The predicted octanol–water partition coefficient (Wildman–Crippen LogP) is 1.97. The van der Waals surface area contributed by atoms with Gasteiger partial charge in [-0.2, -0.15) is 5.10 Å². The Balaban J connectivity index is 1.94. The summed E-state index contributed by atoms with van der Waals surface area (Å²) < 4.78 is 5.45. The van der Waals surface area contributed by atoms with Crippen molar-refractivity contribution in [3.05, 3.63) is 11.9 Å². The number of nitrogens with zero attached hydrogens (tertiary/aromatic N) is 1. The van der Waals surface area contributed by atoms with Gasteiger partial charge in [0.15, 0.2) is 5.69 Å². The van der Waals surface area contributed by atoms with Gasteiger partial charge in [0.05, 0.1) is 11.9 Å². The molecule has 0 amide bonds. The van der Waals surface area contributed by atoms with Crippen molar-refractivity contribution in [1.29, 1.82) is 0 Å². The summed E-state index contributed by atoms with van der Waals surface area (Å²) in [6.45, 7) is 4.45. The van der Waals surface area contributed by atoms with E-state index in [1.54, 1.807) is 0 Å². The Morgan fingerprint density at radius 1 is 1.47 bits per heavy atom. The van der Waals surface area contributed by atoms with Gasteiger partial charge in [-0.25, -0.2) is 4.79 Å². The number of esters is 1. The lowest BCUT2D eigenvalue weighted by Crippen LogP contribution is -2.29. The molecular formula is C12H19N3O2. The van der Waals surface area contributed by atoms with Gasteiger partial charge >= 0.3 is 5.97 Å². The van der Waals surface area contributed by atoms with E-state index in [0.717, 1.165) is 19.3 Å². The highest BCUT2D eigenvalue weighted by Crippen LogP contribution is 2.31. The number of hydrogen-bond acceptors (Lipinski definition) is 4. The SMILES string of the molecule is CC1CCC(OC(=O)c2[nH]ncc2N)CC1C. The number of anilines is 1. The molecule has 5 heteroatoms. The first-order valence-electron chi connectivity index (χ1n) is 6.07. The molecular weight excluding hydrogens is 218 g/mol. The third kappa shape index (κ3) is 2.60. The summed E-state index contributed by atoms with van der Waals surface area (Å²) in [4.78, 5) is 11.8. The minimum Gasteiger partial charge on any atom is -0.458 e. The lowest BCUT2D eigenvalue weighted by molar-refractivity contribution is 0.00829. The maximum Gasteiger partial charge on any atom is 0.358 e. The van der Waals surface area contributed by atoms with Crippen LogP contribution in [0.4, 0.5) is 5.69 Å². The second-order valence-electron chi connectivity index (χ2n) is 5.00. The summed E-state index contributed by atoms with van der Waals surface area (Å²) in [6.07, 6.45) is 4.41. The van der Waals surface area contributed by atoms with Crippen LogP contribution in [0.3, 0.4) is 0 Å². The Morgan fingerprint density at radius 3 is 2.82 bits per heavy atom. The van der Waals surface area contributed by atoms with E-state index in [1.807, 2.05) is 0 Å². The largest absolute Gasteiger partial charge is 0.458 e. The molecule has 1 aliphatic rings. The van der Waals surface area contributed by atoms with Crippen LogP contribution in [-0.4, -0.2) is 22.3 Å². The van der Waals surface area contributed by atoms with Crippen LogP contribution in [0.5, 0.6) is 0 Å². The first-order valence-corrected chi connectivity index (χ1v) is 6.07. The fourth-order valence-corrected chi connectivity index (χ4v) is 2.27. The topological polar surface area (TPSA) is 81.0 Å². The van der Waals surface area contributed by atoms with Crippen molar-refractivity contribution in [3.63, 3.8) is 0 Å². The molecule has 1 heterocycles. The number of nitrogens with one attached hydrogen (secondary N) is 1. The van der Waals surface area contributed by atoms with Gasteiger partial charge in [-0.05, 0) is 31.1 Å². The Labute approximate surface area is 101 Å². The monoisotopic (exact) mass is 237 g/mol. The van der Waals surface area contributed by atoms with E-state index in [0.29, 0.717) is 17.5 Å². The molecule has 5 nitrogen and oxygen atoms in total. The standard InChI is InChI=1S/C12H19N3O2/c1-7-3-4-9(5-8(7)2)17-12(16)11-10(13)6-14-15-11/h6-9H,3-5,13H2,1-2H3,(H,14,15). The average molecular weight is 237 g/mol. The van der Waals surface area contributed by atoms with Crippen molar-refractivity contribution in [2.24, 2.45) is 11.8 Å². The van der Waals surface area contributed by atoms with Gasteiger partial charge in [0, 0.05) is 0 Å². The smallest absolute Gasteiger partial charge is 0.358 e. The Hall–Kier alpha value is -1.52. The molecule has 3 N–H and O–H groups in total. The lowest BCUT2D eigenvalue weighted by atomic mass is 9.80. The second kappa shape index (κ2) is 4.77. The van der Waals surface area contributed by atoms with Crippen LogP contribution in [0.25, 0.3) is 0 Å². The van der Waals surface area contributed by atoms with E-state index in [-0.39, 0.29) is 11.8 Å². The third-order valence-corrected chi connectivity index (χ3v) is 3.70. The van der Waals surface area contributed by atoms with Crippen LogP contribution >= 0.6 is 0 Å². The molecule has 1 aliphatic carbocycles. The van der Waals surface area contributed by atoms with Crippen LogP contribution in [0.2, 0.25) is 0 Å². The molecule has 0 saturated heterocycles. The third-order valence-electron chi connectivity index (χ3n) is 3.70. The van der Waals surface area contributed by atoms with Crippen LogP contribution < -0.4 is 5.73 Å². The van der Waals surface area contributed by atoms with E-state index < -0.39 is 5.97 Å². The minimum atomic E-state index is -0.397. The molecule has 3 atom stereocenters. The highest BCUT2D eigenvalue weighted by Gasteiger charge is 2.28. The number of ether oxygens (including phenoxy) is 1. The van der Waals surface area contributed by atoms with Gasteiger partial charge in [0.25, 0.3) is 0 Å². The zero-order valence-electron chi connectivity index (χ0n) is 10.3. The van der Waals surface area contributed by atoms with E-state index >= 15 is 0 Å². The van der Waals surface area contributed by atoms with Crippen molar-refractivity contribution in [1.82, 2.24) is 10.2 Å². The summed E-state index contributed by atoms with van der Waals surface area (Å²) in [7, 11) is 0. The van der Waals surface area contributed by atoms with Crippen LogP contribution in [0.15, 0.2) is 6.20 Å². The fourth-order valence-electron chi connectivity index (χ4n) is 2.27. The average Bonchev–Trinajstić information content (AvgIpc) is 2.70. The van der Waals surface area contributed by atoms with Crippen molar-refractivity contribution >= 4 is 11.7 Å². The normalized spacial score (nSPS) is 28.9. The fraction of sp³-hybridized carbons (Fsp3) is 0.667. The molecule has 3 unspecified atom stereocenters. The Bertz CT molecular complexity index is 402. The Kier molecular flexibility index (Phi) is 3.36. The molecule has 1 aromatic heterocycles. The van der Waals surface area contributed by atoms with Gasteiger partial charge in [-0.15, -0.1) is 0 Å². The van der Waals surface area contributed by atoms with E-state index in [9.17, 15) is 4.79 Å². The van der Waals surface area contributed by atoms with E-state index in [1.165, 1.54) is 6.20 Å². The number of carbonyl (C=O) groups is 1. The zero-order valence-corrected chi connectivity index (χ0v) is 10.3. The highest BCUT2D eigenvalue weighted by atomic mass is 16.5. The number of H-pyrrole nitrogens is 1. The van der Waals surface area contributed by atoms with Crippen LogP contribution in [0, 0.1) is 11.8 Å². The number of carbonyl (C=O) groups excluding carboxylic acids is 1. The van der Waals surface area contributed by atoms with Gasteiger partial charge in [0.2, 0.25) is 0 Å². The molecule has 1 fully saturated rings. The van der Waals surface area contributed by atoms with Gasteiger partial charge in [0.1, 0.15) is 6.10 Å². The molecule has 0 aromatic carbocycles. The number of aromatic nitrogens is 2. The maximum atomic E-state index is 11.8. The zero-order chi connectivity index (χ0) is 12.4. The quantitative estimate of drug-likeness (QED) is 0.770. The summed E-state index contributed by atoms with van der Waals surface area (Å²) in [5.74, 6) is 0.912. The van der Waals surface area contributed by atoms with Crippen molar-refractivity contribution in [2.45, 2.75) is 39.2 Å². The van der Waals surface area contributed by atoms with Gasteiger partial charge in [-0.1, -0.05) is 13.8 Å². The molecule has 17 heavy (non-hydrogen) atoms. The van der Waals surface area contributed by atoms with Gasteiger partial charge < -0.3 is 10.5 Å². The van der Waals surface area contributed by atoms with E-state index in [2.05, 4.69) is 24.0 Å². The molecule has 2 rings (SSSR count). The van der Waals surface area contributed by atoms with Gasteiger partial charge in [-0.3, -0.25) is 5.10 Å². The van der Waals surface area contributed by atoms with Crippen molar-refractivity contribution in [2.75, 3.05) is 5.73 Å². The highest BCUT2D eigenvalue weighted by molar-refractivity contribution is 5.92. The minimum absolute atomic E-state index is 0.0106. The molecule has 0 aliphatic heterocycles.